The fourth-order valence-electron chi connectivity index (χ4n) is 4.00. The zero-order chi connectivity index (χ0) is 24.4. The zero-order valence-corrected chi connectivity index (χ0v) is 19.4. The average Bonchev–Trinajstić information content (AvgIpc) is 3.52. The summed E-state index contributed by atoms with van der Waals surface area (Å²) in [5.41, 5.74) is 4.16. The van der Waals surface area contributed by atoms with Crippen molar-refractivity contribution in [2.45, 2.75) is 13.3 Å². The maximum Gasteiger partial charge on any atom is 0.258 e. The topological polar surface area (TPSA) is 97.6 Å². The predicted molar refractivity (Wildman–Crippen MR) is 132 cm³/mol. The molecule has 1 fully saturated rings. The van der Waals surface area contributed by atoms with Gasteiger partial charge >= 0.3 is 0 Å². The monoisotopic (exact) mass is 468 g/mol. The van der Waals surface area contributed by atoms with E-state index in [2.05, 4.69) is 15.5 Å². The molecule has 1 aromatic heterocycles. The number of anilines is 2. The lowest BCUT2D eigenvalue weighted by Gasteiger charge is -2.17. The molecule has 0 spiro atoms. The molecule has 1 atom stereocenters. The Morgan fingerprint density at radius 3 is 2.37 bits per heavy atom. The number of hydrogen-bond donors (Lipinski definition) is 1. The van der Waals surface area contributed by atoms with Crippen LogP contribution in [0, 0.1) is 12.8 Å². The molecule has 1 N–H and O–H groups in total. The van der Waals surface area contributed by atoms with Gasteiger partial charge in [0.2, 0.25) is 17.6 Å². The van der Waals surface area contributed by atoms with E-state index in [4.69, 9.17) is 9.26 Å². The van der Waals surface area contributed by atoms with Crippen LogP contribution in [0.5, 0.6) is 5.75 Å². The number of aromatic nitrogens is 2. The number of methoxy groups -OCH3 is 1. The van der Waals surface area contributed by atoms with Crippen molar-refractivity contribution in [3.63, 3.8) is 0 Å². The number of nitrogens with one attached hydrogen (secondary N) is 1. The van der Waals surface area contributed by atoms with E-state index < -0.39 is 5.92 Å². The van der Waals surface area contributed by atoms with Gasteiger partial charge in [0.05, 0.1) is 13.0 Å². The van der Waals surface area contributed by atoms with Crippen molar-refractivity contribution in [2.24, 2.45) is 5.92 Å². The number of carbonyl (C=O) groups is 2. The minimum atomic E-state index is -0.433. The maximum absolute atomic E-state index is 12.8. The Balaban J connectivity index is 1.22. The van der Waals surface area contributed by atoms with Gasteiger partial charge in [-0.05, 0) is 55.5 Å². The highest BCUT2D eigenvalue weighted by atomic mass is 16.5. The first kappa shape index (κ1) is 22.3. The van der Waals surface area contributed by atoms with Crippen molar-refractivity contribution in [1.29, 1.82) is 0 Å². The molecule has 8 heteroatoms. The van der Waals surface area contributed by atoms with Gasteiger partial charge in [0.15, 0.2) is 0 Å². The molecule has 1 aliphatic rings. The summed E-state index contributed by atoms with van der Waals surface area (Å²) >= 11 is 0. The van der Waals surface area contributed by atoms with Crippen LogP contribution in [0.3, 0.4) is 0 Å². The zero-order valence-electron chi connectivity index (χ0n) is 19.4. The average molecular weight is 469 g/mol. The molecule has 1 aliphatic heterocycles. The highest BCUT2D eigenvalue weighted by Crippen LogP contribution is 2.28. The number of aryl methyl sites for hydroxylation is 1. The lowest BCUT2D eigenvalue weighted by Crippen LogP contribution is -2.28. The van der Waals surface area contributed by atoms with E-state index in [1.54, 1.807) is 36.3 Å². The van der Waals surface area contributed by atoms with Crippen LogP contribution in [0.2, 0.25) is 0 Å². The summed E-state index contributed by atoms with van der Waals surface area (Å²) in [6.07, 6.45) is 0.166. The van der Waals surface area contributed by atoms with Crippen molar-refractivity contribution in [3.8, 4) is 28.6 Å². The van der Waals surface area contributed by atoms with Crippen LogP contribution in [0.25, 0.3) is 22.8 Å². The number of benzene rings is 3. The molecular weight excluding hydrogens is 444 g/mol. The molecule has 3 aromatic carbocycles. The van der Waals surface area contributed by atoms with E-state index in [0.717, 1.165) is 22.4 Å². The molecule has 35 heavy (non-hydrogen) atoms. The molecule has 1 saturated heterocycles. The quantitative estimate of drug-likeness (QED) is 0.440. The molecule has 176 valence electrons. The molecule has 1 unspecified atom stereocenters. The fraction of sp³-hybridized carbons (Fsp3) is 0.185. The first-order valence-corrected chi connectivity index (χ1v) is 11.3. The second-order valence-electron chi connectivity index (χ2n) is 8.46. The van der Waals surface area contributed by atoms with Crippen LogP contribution in [-0.2, 0) is 9.59 Å². The van der Waals surface area contributed by atoms with Gasteiger partial charge in [0, 0.05) is 35.5 Å². The van der Waals surface area contributed by atoms with Gasteiger partial charge in [-0.3, -0.25) is 9.59 Å². The molecule has 2 heterocycles. The highest BCUT2D eigenvalue weighted by Gasteiger charge is 2.35. The Hall–Kier alpha value is -4.46. The minimum Gasteiger partial charge on any atom is -0.497 e. The maximum atomic E-state index is 12.8. The van der Waals surface area contributed by atoms with E-state index in [-0.39, 0.29) is 18.2 Å². The molecule has 0 bridgehead atoms. The van der Waals surface area contributed by atoms with Gasteiger partial charge in [-0.15, -0.1) is 0 Å². The summed E-state index contributed by atoms with van der Waals surface area (Å²) in [7, 11) is 1.59. The lowest BCUT2D eigenvalue weighted by atomic mass is 10.1. The van der Waals surface area contributed by atoms with Crippen LogP contribution in [-0.4, -0.2) is 35.6 Å². The van der Waals surface area contributed by atoms with Crippen molar-refractivity contribution in [2.75, 3.05) is 23.9 Å². The van der Waals surface area contributed by atoms with Gasteiger partial charge < -0.3 is 19.5 Å². The Morgan fingerprint density at radius 2 is 1.69 bits per heavy atom. The summed E-state index contributed by atoms with van der Waals surface area (Å²) < 4.78 is 10.6. The van der Waals surface area contributed by atoms with E-state index >= 15 is 0 Å². The molecule has 0 radical (unpaired) electrons. The van der Waals surface area contributed by atoms with Crippen molar-refractivity contribution in [3.05, 3.63) is 78.4 Å². The van der Waals surface area contributed by atoms with Gasteiger partial charge in [-0.2, -0.15) is 4.98 Å². The molecule has 8 nitrogen and oxygen atoms in total. The second kappa shape index (κ2) is 9.42. The van der Waals surface area contributed by atoms with E-state index in [1.165, 1.54) is 0 Å². The molecule has 0 saturated carbocycles. The number of ether oxygens (including phenoxy) is 1. The van der Waals surface area contributed by atoms with Gasteiger partial charge in [0.25, 0.3) is 5.89 Å². The Labute approximate surface area is 202 Å². The summed E-state index contributed by atoms with van der Waals surface area (Å²) in [4.78, 5) is 31.4. The number of rotatable bonds is 6. The van der Waals surface area contributed by atoms with E-state index in [9.17, 15) is 9.59 Å². The molecule has 4 aromatic rings. The number of amides is 2. The molecule has 5 rings (SSSR count). The van der Waals surface area contributed by atoms with Crippen LogP contribution in [0.1, 0.15) is 12.0 Å². The Kier molecular flexibility index (Phi) is 6.01. The Bertz CT molecular complexity index is 1350. The smallest absolute Gasteiger partial charge is 0.258 e. The third-order valence-corrected chi connectivity index (χ3v) is 6.02. The van der Waals surface area contributed by atoms with Crippen molar-refractivity contribution < 1.29 is 18.8 Å². The van der Waals surface area contributed by atoms with Gasteiger partial charge in [-0.25, -0.2) is 0 Å². The first-order valence-electron chi connectivity index (χ1n) is 11.3. The minimum absolute atomic E-state index is 0.0774. The standard InChI is InChI=1S/C27H24N4O4/c1-17-3-5-18(6-4-17)25-29-27(35-30-25)19-7-9-21(10-8-19)28-26(33)20-15-24(32)31(16-20)22-11-13-23(34-2)14-12-22/h3-14,20H,15-16H2,1-2H3,(H,28,33). The molecule has 2 amide bonds. The Morgan fingerprint density at radius 1 is 1.00 bits per heavy atom. The van der Waals surface area contributed by atoms with Crippen LogP contribution >= 0.6 is 0 Å². The third-order valence-electron chi connectivity index (χ3n) is 6.02. The van der Waals surface area contributed by atoms with Crippen molar-refractivity contribution in [1.82, 2.24) is 10.1 Å². The number of carbonyl (C=O) groups excluding carboxylic acids is 2. The van der Waals surface area contributed by atoms with Gasteiger partial charge in [0.1, 0.15) is 5.75 Å². The second-order valence-corrected chi connectivity index (χ2v) is 8.46. The summed E-state index contributed by atoms with van der Waals surface area (Å²) in [5, 5.41) is 6.97. The summed E-state index contributed by atoms with van der Waals surface area (Å²) in [5.74, 6) is 0.926. The third kappa shape index (κ3) is 4.77. The number of nitrogens with zero attached hydrogens (tertiary/aromatic N) is 3. The van der Waals surface area contributed by atoms with Crippen LogP contribution < -0.4 is 15.0 Å². The normalized spacial score (nSPS) is 15.3. The summed E-state index contributed by atoms with van der Waals surface area (Å²) in [6, 6.07) is 22.3. The SMILES string of the molecule is COc1ccc(N2CC(C(=O)Nc3ccc(-c4nc(-c5ccc(C)cc5)no4)cc3)CC2=O)cc1. The highest BCUT2D eigenvalue weighted by molar-refractivity contribution is 6.03. The predicted octanol–water partition coefficient (Wildman–Crippen LogP) is 4.71. The van der Waals surface area contributed by atoms with E-state index in [0.29, 0.717) is 29.7 Å². The fourth-order valence-corrected chi connectivity index (χ4v) is 4.00. The molecular formula is C27H24N4O4. The lowest BCUT2D eigenvalue weighted by molar-refractivity contribution is -0.122. The first-order chi connectivity index (χ1) is 17.0. The van der Waals surface area contributed by atoms with Crippen molar-refractivity contribution >= 4 is 23.2 Å². The van der Waals surface area contributed by atoms with Crippen LogP contribution in [0.4, 0.5) is 11.4 Å². The summed E-state index contributed by atoms with van der Waals surface area (Å²) in [6.45, 7) is 2.35. The molecule has 0 aliphatic carbocycles. The largest absolute Gasteiger partial charge is 0.497 e. The van der Waals surface area contributed by atoms with Gasteiger partial charge in [-0.1, -0.05) is 35.0 Å². The van der Waals surface area contributed by atoms with E-state index in [1.807, 2.05) is 55.5 Å². The van der Waals surface area contributed by atoms with Crippen LogP contribution in [0.15, 0.2) is 77.3 Å². The number of hydrogen-bond acceptors (Lipinski definition) is 6.